The normalized spacial score (nSPS) is 15.9. The Morgan fingerprint density at radius 3 is 1.87 bits per heavy atom. The Morgan fingerprint density at radius 2 is 1.45 bits per heavy atom. The van der Waals surface area contributed by atoms with Crippen molar-refractivity contribution in [1.82, 2.24) is 8.61 Å². The molecular formula is C20H20N2O7S2. The molecular weight excluding hydrogens is 444 g/mol. The zero-order valence-electron chi connectivity index (χ0n) is 16.5. The summed E-state index contributed by atoms with van der Waals surface area (Å²) < 4.78 is 58.2. The van der Waals surface area contributed by atoms with Gasteiger partial charge in [-0.2, -0.15) is 0 Å². The lowest BCUT2D eigenvalue weighted by atomic mass is 10.3. The van der Waals surface area contributed by atoms with Gasteiger partial charge in [-0.1, -0.05) is 46.2 Å². The summed E-state index contributed by atoms with van der Waals surface area (Å²) in [7, 11) is -9.01. The average Bonchev–Trinajstić information content (AvgIpc) is 3.19. The number of hydrogen-bond donors (Lipinski definition) is 0. The van der Waals surface area contributed by atoms with Crippen LogP contribution in [0, 0.1) is 0 Å². The van der Waals surface area contributed by atoms with Crippen LogP contribution < -0.4 is 0 Å². The molecule has 2 amide bonds. The Hall–Kier alpha value is -3.02. The monoisotopic (exact) mass is 464 g/mol. The van der Waals surface area contributed by atoms with Crippen molar-refractivity contribution in [3.05, 3.63) is 72.8 Å². The van der Waals surface area contributed by atoms with Gasteiger partial charge in [-0.05, 0) is 31.2 Å². The maximum atomic E-state index is 13.3. The van der Waals surface area contributed by atoms with Crippen molar-refractivity contribution in [2.24, 2.45) is 0 Å². The van der Waals surface area contributed by atoms with Gasteiger partial charge in [-0.25, -0.2) is 26.5 Å². The topological polar surface area (TPSA) is 118 Å². The van der Waals surface area contributed by atoms with Crippen LogP contribution in [0.3, 0.4) is 0 Å². The molecule has 0 saturated carbocycles. The van der Waals surface area contributed by atoms with E-state index in [2.05, 4.69) is 0 Å². The first-order chi connectivity index (χ1) is 14.7. The number of amides is 2. The molecule has 2 aromatic rings. The minimum atomic E-state index is -4.51. The number of cyclic esters (lactones) is 1. The van der Waals surface area contributed by atoms with E-state index in [1.54, 1.807) is 12.1 Å². The first-order valence-electron chi connectivity index (χ1n) is 9.22. The van der Waals surface area contributed by atoms with Crippen molar-refractivity contribution in [2.45, 2.75) is 22.8 Å². The molecule has 0 bridgehead atoms. The Labute approximate surface area is 180 Å². The van der Waals surface area contributed by atoms with Crippen LogP contribution in [0.15, 0.2) is 82.6 Å². The first kappa shape index (κ1) is 22.7. The second-order valence-corrected chi connectivity index (χ2v) is 10.4. The summed E-state index contributed by atoms with van der Waals surface area (Å²) in [6.45, 7) is 1.45. The van der Waals surface area contributed by atoms with E-state index in [1.165, 1.54) is 55.5 Å². The molecule has 1 aliphatic rings. The molecule has 1 unspecified atom stereocenters. The van der Waals surface area contributed by atoms with Crippen molar-refractivity contribution in [1.29, 1.82) is 0 Å². The summed E-state index contributed by atoms with van der Waals surface area (Å²) in [5.74, 6) is -0.733. The lowest BCUT2D eigenvalue weighted by molar-refractivity contribution is -0.122. The third kappa shape index (κ3) is 4.68. The van der Waals surface area contributed by atoms with E-state index in [1.807, 2.05) is 0 Å². The molecule has 164 valence electrons. The van der Waals surface area contributed by atoms with Crippen LogP contribution in [0.1, 0.15) is 6.92 Å². The van der Waals surface area contributed by atoms with E-state index < -0.39 is 38.1 Å². The molecule has 0 spiro atoms. The van der Waals surface area contributed by atoms with Gasteiger partial charge in [-0.3, -0.25) is 4.79 Å². The first-order valence-corrected chi connectivity index (χ1v) is 12.1. The number of nitrogens with zero attached hydrogens (tertiary/aromatic N) is 2. The van der Waals surface area contributed by atoms with E-state index >= 15 is 0 Å². The van der Waals surface area contributed by atoms with Crippen molar-refractivity contribution in [3.8, 4) is 0 Å². The summed E-state index contributed by atoms with van der Waals surface area (Å²) in [6, 6.07) is 13.0. The molecule has 1 aliphatic heterocycles. The van der Waals surface area contributed by atoms with Gasteiger partial charge in [0.25, 0.3) is 26.0 Å². The number of ether oxygens (including phenoxy) is 1. The minimum absolute atomic E-state index is 0.0602. The van der Waals surface area contributed by atoms with Gasteiger partial charge in [0, 0.05) is 6.08 Å². The van der Waals surface area contributed by atoms with Gasteiger partial charge < -0.3 is 4.74 Å². The molecule has 11 heteroatoms. The molecule has 0 aliphatic carbocycles. The largest absolute Gasteiger partial charge is 0.447 e. The van der Waals surface area contributed by atoms with E-state index in [0.29, 0.717) is 3.71 Å². The van der Waals surface area contributed by atoms with Crippen molar-refractivity contribution in [3.63, 3.8) is 0 Å². The van der Waals surface area contributed by atoms with Crippen molar-refractivity contribution >= 4 is 32.0 Å². The van der Waals surface area contributed by atoms with E-state index in [4.69, 9.17) is 4.74 Å². The summed E-state index contributed by atoms with van der Waals surface area (Å²) in [6.07, 6.45) is 1.27. The number of rotatable bonds is 7. The van der Waals surface area contributed by atoms with E-state index in [9.17, 15) is 26.4 Å². The molecule has 1 heterocycles. The molecule has 0 aromatic heterocycles. The second kappa shape index (κ2) is 9.00. The second-order valence-electron chi connectivity index (χ2n) is 6.57. The molecule has 2 aromatic carbocycles. The molecule has 31 heavy (non-hydrogen) atoms. The van der Waals surface area contributed by atoms with Gasteiger partial charge in [-0.15, -0.1) is 0 Å². The number of hydrogen-bond acceptors (Lipinski definition) is 7. The lowest BCUT2D eigenvalue weighted by Crippen LogP contribution is -2.42. The van der Waals surface area contributed by atoms with Crippen LogP contribution in [0.5, 0.6) is 0 Å². The van der Waals surface area contributed by atoms with Crippen molar-refractivity contribution in [2.75, 3.05) is 13.2 Å². The molecule has 0 N–H and O–H groups in total. The smallest absolute Gasteiger partial charge is 0.416 e. The lowest BCUT2D eigenvalue weighted by Gasteiger charge is -2.26. The highest BCUT2D eigenvalue weighted by Crippen LogP contribution is 2.27. The highest BCUT2D eigenvalue weighted by Gasteiger charge is 2.39. The fraction of sp³-hybridized carbons (Fsp3) is 0.200. The maximum Gasteiger partial charge on any atom is 0.416 e. The maximum absolute atomic E-state index is 13.3. The highest BCUT2D eigenvalue weighted by molar-refractivity contribution is 8.04. The van der Waals surface area contributed by atoms with Crippen LogP contribution >= 0.6 is 0 Å². The van der Waals surface area contributed by atoms with Gasteiger partial charge in [0.2, 0.25) is 0 Å². The zero-order valence-corrected chi connectivity index (χ0v) is 18.1. The number of sulfonamides is 2. The minimum Gasteiger partial charge on any atom is -0.447 e. The third-order valence-electron chi connectivity index (χ3n) is 4.43. The van der Waals surface area contributed by atoms with Gasteiger partial charge >= 0.3 is 6.09 Å². The predicted molar refractivity (Wildman–Crippen MR) is 111 cm³/mol. The number of carbonyl (C=O) groups is 2. The molecule has 1 saturated heterocycles. The average molecular weight is 465 g/mol. The summed E-state index contributed by atoms with van der Waals surface area (Å²) in [5.41, 5.74) is 0. The Morgan fingerprint density at radius 1 is 0.968 bits per heavy atom. The van der Waals surface area contributed by atoms with Crippen LogP contribution in [-0.2, 0) is 29.6 Å². The van der Waals surface area contributed by atoms with Crippen LogP contribution in [-0.4, -0.2) is 56.6 Å². The molecule has 9 nitrogen and oxygen atoms in total. The van der Waals surface area contributed by atoms with E-state index in [-0.39, 0.29) is 22.9 Å². The molecule has 0 radical (unpaired) electrons. The van der Waals surface area contributed by atoms with E-state index in [0.717, 1.165) is 17.1 Å². The van der Waals surface area contributed by atoms with Gasteiger partial charge in [0.05, 0.1) is 22.4 Å². The fourth-order valence-corrected chi connectivity index (χ4v) is 6.92. The highest BCUT2D eigenvalue weighted by atomic mass is 32.3. The number of carbonyl (C=O) groups excluding carboxylic acids is 2. The fourth-order valence-electron chi connectivity index (χ4n) is 2.94. The predicted octanol–water partition coefficient (Wildman–Crippen LogP) is 1.99. The van der Waals surface area contributed by atoms with Crippen LogP contribution in [0.2, 0.25) is 0 Å². The Kier molecular flexibility index (Phi) is 6.58. The molecule has 1 fully saturated rings. The van der Waals surface area contributed by atoms with Gasteiger partial charge in [0.1, 0.15) is 6.61 Å². The van der Waals surface area contributed by atoms with Crippen LogP contribution in [0.4, 0.5) is 4.79 Å². The third-order valence-corrected chi connectivity index (χ3v) is 8.96. The number of imide groups is 1. The van der Waals surface area contributed by atoms with Crippen LogP contribution in [0.25, 0.3) is 0 Å². The quantitative estimate of drug-likeness (QED) is 0.575. The zero-order chi connectivity index (χ0) is 22.6. The Balaban J connectivity index is 2.03. The summed E-state index contributed by atoms with van der Waals surface area (Å²) in [5, 5.41) is 0. The molecule has 1 atom stereocenters. The van der Waals surface area contributed by atoms with Crippen molar-refractivity contribution < 1.29 is 31.2 Å². The summed E-state index contributed by atoms with van der Waals surface area (Å²) >= 11 is 0. The van der Waals surface area contributed by atoms with Gasteiger partial charge in [0.15, 0.2) is 0 Å². The molecule has 3 rings (SSSR count). The standard InChI is InChI=1S/C20H20N2O7S2/c1-16(12-13-19(23)21-14-15-29-20(21)24)22(30(25,26)17-8-4-2-5-9-17)31(27,28)18-10-6-3-7-11-18/h2-13,16H,14-15H2,1H3/b13-12+. The SMILES string of the molecule is CC(/C=C/C(=O)N1CCOC1=O)N(S(=O)(=O)c1ccccc1)S(=O)(=O)c1ccccc1. The summed E-state index contributed by atoms with van der Waals surface area (Å²) in [4.78, 5) is 24.2. The Bertz CT molecular complexity index is 1130. The number of benzene rings is 2.